The first kappa shape index (κ1) is 12.7. The zero-order valence-corrected chi connectivity index (χ0v) is 11.7. The van der Waals surface area contributed by atoms with Gasteiger partial charge in [0.25, 0.3) is 0 Å². The van der Waals surface area contributed by atoms with E-state index in [9.17, 15) is 4.39 Å². The topological polar surface area (TPSA) is 24.9 Å². The van der Waals surface area contributed by atoms with Gasteiger partial charge in [-0.25, -0.2) is 9.37 Å². The van der Waals surface area contributed by atoms with Gasteiger partial charge in [0.1, 0.15) is 5.82 Å². The van der Waals surface area contributed by atoms with Crippen molar-refractivity contribution in [1.29, 1.82) is 0 Å². The smallest absolute Gasteiger partial charge is 0.123 e. The molecule has 90 valence electrons. The number of benzene rings is 1. The van der Waals surface area contributed by atoms with Gasteiger partial charge in [-0.1, -0.05) is 15.9 Å². The third-order valence-electron chi connectivity index (χ3n) is 2.45. The Balaban J connectivity index is 1.94. The maximum Gasteiger partial charge on any atom is 0.123 e. The first-order valence-electron chi connectivity index (χ1n) is 5.20. The lowest BCUT2D eigenvalue weighted by molar-refractivity contribution is 0.619. The molecule has 2 rings (SSSR count). The summed E-state index contributed by atoms with van der Waals surface area (Å²) >= 11 is 5.04. The zero-order valence-electron chi connectivity index (χ0n) is 9.34. The Hall–Kier alpha value is -0.780. The molecule has 0 bridgehead atoms. The number of hydrogen-bond acceptors (Lipinski definition) is 3. The summed E-state index contributed by atoms with van der Waals surface area (Å²) in [5.41, 5.74) is 3.82. The molecule has 0 aliphatic carbocycles. The summed E-state index contributed by atoms with van der Waals surface area (Å²) in [5.74, 6) is -0.209. The highest BCUT2D eigenvalue weighted by Crippen LogP contribution is 2.18. The second-order valence-electron chi connectivity index (χ2n) is 3.70. The highest BCUT2D eigenvalue weighted by Gasteiger charge is 2.03. The summed E-state index contributed by atoms with van der Waals surface area (Å²) in [6, 6.07) is 4.71. The zero-order chi connectivity index (χ0) is 12.3. The number of halogens is 2. The van der Waals surface area contributed by atoms with Crippen LogP contribution in [0.4, 0.5) is 4.39 Å². The number of hydrogen-bond donors (Lipinski definition) is 1. The predicted octanol–water partition coefficient (Wildman–Crippen LogP) is 3.64. The van der Waals surface area contributed by atoms with E-state index in [-0.39, 0.29) is 5.82 Å². The molecule has 0 atom stereocenters. The predicted molar refractivity (Wildman–Crippen MR) is 71.5 cm³/mol. The number of nitrogens with one attached hydrogen (secondary N) is 1. The van der Waals surface area contributed by atoms with Crippen molar-refractivity contribution in [3.05, 3.63) is 50.1 Å². The Morgan fingerprint density at radius 2 is 2.24 bits per heavy atom. The van der Waals surface area contributed by atoms with E-state index in [2.05, 4.69) is 26.2 Å². The maximum atomic E-state index is 13.1. The van der Waals surface area contributed by atoms with Crippen LogP contribution in [0.1, 0.15) is 16.1 Å². The van der Waals surface area contributed by atoms with E-state index < -0.39 is 0 Å². The summed E-state index contributed by atoms with van der Waals surface area (Å²) < 4.78 is 14.0. The van der Waals surface area contributed by atoms with Crippen molar-refractivity contribution < 1.29 is 4.39 Å². The Labute approximate surface area is 112 Å². The van der Waals surface area contributed by atoms with Gasteiger partial charge >= 0.3 is 0 Å². The molecule has 17 heavy (non-hydrogen) atoms. The molecule has 0 radical (unpaired) electrons. The molecule has 1 aromatic heterocycles. The molecule has 0 unspecified atom stereocenters. The summed E-state index contributed by atoms with van der Waals surface area (Å²) in [6.07, 6.45) is 0. The number of thiazole rings is 1. The average molecular weight is 315 g/mol. The lowest BCUT2D eigenvalue weighted by Crippen LogP contribution is -2.13. The van der Waals surface area contributed by atoms with Crippen molar-refractivity contribution in [3.8, 4) is 0 Å². The number of aromatic nitrogens is 1. The van der Waals surface area contributed by atoms with Crippen LogP contribution in [0, 0.1) is 12.7 Å². The van der Waals surface area contributed by atoms with Crippen molar-refractivity contribution in [1.82, 2.24) is 10.3 Å². The van der Waals surface area contributed by atoms with E-state index in [1.165, 1.54) is 17.0 Å². The van der Waals surface area contributed by atoms with Crippen molar-refractivity contribution in [2.45, 2.75) is 20.0 Å². The largest absolute Gasteiger partial charge is 0.308 e. The first-order valence-corrected chi connectivity index (χ1v) is 6.87. The third-order valence-corrected chi connectivity index (χ3v) is 4.16. The van der Waals surface area contributed by atoms with Crippen LogP contribution in [0.25, 0.3) is 0 Å². The summed E-state index contributed by atoms with van der Waals surface area (Å²) in [7, 11) is 0. The quantitative estimate of drug-likeness (QED) is 0.932. The van der Waals surface area contributed by atoms with E-state index in [1.807, 2.05) is 12.4 Å². The van der Waals surface area contributed by atoms with Crippen LogP contribution in [-0.4, -0.2) is 4.98 Å². The lowest BCUT2D eigenvalue weighted by atomic mass is 10.2. The van der Waals surface area contributed by atoms with Gasteiger partial charge in [-0.15, -0.1) is 11.3 Å². The molecule has 0 spiro atoms. The van der Waals surface area contributed by atoms with E-state index in [0.717, 1.165) is 22.3 Å². The monoisotopic (exact) mass is 314 g/mol. The number of rotatable bonds is 4. The van der Waals surface area contributed by atoms with Gasteiger partial charge in [0.05, 0.1) is 11.2 Å². The van der Waals surface area contributed by atoms with Gasteiger partial charge in [-0.2, -0.15) is 0 Å². The van der Waals surface area contributed by atoms with Crippen LogP contribution in [0.15, 0.2) is 28.2 Å². The highest BCUT2D eigenvalue weighted by molar-refractivity contribution is 9.10. The molecule has 1 N–H and O–H groups in total. The van der Waals surface area contributed by atoms with Crippen molar-refractivity contribution in [3.63, 3.8) is 0 Å². The summed E-state index contributed by atoms with van der Waals surface area (Å²) in [4.78, 5) is 5.40. The van der Waals surface area contributed by atoms with Crippen molar-refractivity contribution in [2.24, 2.45) is 0 Å². The highest BCUT2D eigenvalue weighted by atomic mass is 79.9. The van der Waals surface area contributed by atoms with E-state index in [4.69, 9.17) is 0 Å². The number of nitrogens with zero attached hydrogens (tertiary/aromatic N) is 1. The van der Waals surface area contributed by atoms with E-state index >= 15 is 0 Å². The Bertz CT molecular complexity index is 513. The summed E-state index contributed by atoms with van der Waals surface area (Å²) in [6.45, 7) is 3.39. The fraction of sp³-hybridized carbons (Fsp3) is 0.250. The van der Waals surface area contributed by atoms with Gasteiger partial charge in [0.15, 0.2) is 0 Å². The minimum absolute atomic E-state index is 0.209. The Morgan fingerprint density at radius 3 is 2.94 bits per heavy atom. The molecular formula is C12H12BrFN2S. The average Bonchev–Trinajstić information content (AvgIpc) is 2.70. The lowest BCUT2D eigenvalue weighted by Gasteiger charge is -2.06. The standard InChI is InChI=1S/C12H12BrFN2S/c1-8-12(17-7-16-8)6-15-5-9-4-10(14)2-3-11(9)13/h2-4,7,15H,5-6H2,1H3. The molecule has 2 nitrogen and oxygen atoms in total. The number of aryl methyl sites for hydroxylation is 1. The Morgan fingerprint density at radius 1 is 1.41 bits per heavy atom. The van der Waals surface area contributed by atoms with E-state index in [0.29, 0.717) is 6.54 Å². The molecule has 1 aromatic carbocycles. The first-order chi connectivity index (χ1) is 8.16. The summed E-state index contributed by atoms with van der Waals surface area (Å²) in [5, 5.41) is 3.29. The molecule has 0 saturated carbocycles. The van der Waals surface area contributed by atoms with Gasteiger partial charge in [-0.3, -0.25) is 0 Å². The van der Waals surface area contributed by atoms with Crippen molar-refractivity contribution in [2.75, 3.05) is 0 Å². The molecule has 1 heterocycles. The van der Waals surface area contributed by atoms with Gasteiger partial charge in [-0.05, 0) is 30.7 Å². The fourth-order valence-electron chi connectivity index (χ4n) is 1.49. The molecule has 0 amide bonds. The molecule has 0 saturated heterocycles. The SMILES string of the molecule is Cc1ncsc1CNCc1cc(F)ccc1Br. The Kier molecular flexibility index (Phi) is 4.25. The second kappa shape index (κ2) is 5.71. The van der Waals surface area contributed by atoms with Crippen LogP contribution in [0.2, 0.25) is 0 Å². The molecular weight excluding hydrogens is 303 g/mol. The normalized spacial score (nSPS) is 10.8. The molecule has 2 aromatic rings. The fourth-order valence-corrected chi connectivity index (χ4v) is 2.62. The third kappa shape index (κ3) is 3.34. The molecule has 0 aliphatic heterocycles. The van der Waals surface area contributed by atoms with Gasteiger partial charge in [0.2, 0.25) is 0 Å². The van der Waals surface area contributed by atoms with Crippen LogP contribution < -0.4 is 5.32 Å². The van der Waals surface area contributed by atoms with Crippen LogP contribution in [0.5, 0.6) is 0 Å². The van der Waals surface area contributed by atoms with Crippen LogP contribution in [-0.2, 0) is 13.1 Å². The molecule has 5 heteroatoms. The molecule has 0 fully saturated rings. The van der Waals surface area contributed by atoms with Crippen LogP contribution in [0.3, 0.4) is 0 Å². The van der Waals surface area contributed by atoms with Crippen molar-refractivity contribution >= 4 is 27.3 Å². The minimum Gasteiger partial charge on any atom is -0.308 e. The molecule has 0 aliphatic rings. The maximum absolute atomic E-state index is 13.1. The second-order valence-corrected chi connectivity index (χ2v) is 5.49. The van der Waals surface area contributed by atoms with Crippen LogP contribution >= 0.6 is 27.3 Å². The minimum atomic E-state index is -0.209. The van der Waals surface area contributed by atoms with Gasteiger partial charge in [0, 0.05) is 22.4 Å². The van der Waals surface area contributed by atoms with Gasteiger partial charge < -0.3 is 5.32 Å². The van der Waals surface area contributed by atoms with E-state index in [1.54, 1.807) is 17.4 Å².